The van der Waals surface area contributed by atoms with Crippen molar-refractivity contribution in [3.8, 4) is 5.75 Å². The van der Waals surface area contributed by atoms with Crippen LogP contribution < -0.4 is 4.74 Å². The summed E-state index contributed by atoms with van der Waals surface area (Å²) in [5.41, 5.74) is 0.292. The average molecular weight is 358 g/mol. The zero-order valence-electron chi connectivity index (χ0n) is 13.0. The van der Waals surface area contributed by atoms with E-state index in [4.69, 9.17) is 16.3 Å². The fourth-order valence-corrected chi connectivity index (χ4v) is 2.15. The van der Waals surface area contributed by atoms with Gasteiger partial charge in [0, 0.05) is 12.6 Å². The molecule has 2 rings (SSSR count). The number of halogens is 4. The van der Waals surface area contributed by atoms with E-state index in [2.05, 4.69) is 4.98 Å². The number of pyridine rings is 1. The van der Waals surface area contributed by atoms with E-state index in [0.29, 0.717) is 17.9 Å². The van der Waals surface area contributed by atoms with E-state index in [1.54, 1.807) is 31.2 Å². The Morgan fingerprint density at radius 1 is 1.29 bits per heavy atom. The maximum absolute atomic E-state index is 12.6. The maximum Gasteiger partial charge on any atom is 0.417 e. The smallest absolute Gasteiger partial charge is 0.417 e. The topological polar surface area (TPSA) is 39.2 Å². The van der Waals surface area contributed by atoms with Crippen molar-refractivity contribution in [2.45, 2.75) is 32.5 Å². The van der Waals surface area contributed by atoms with Crippen LogP contribution in [0.1, 0.15) is 30.7 Å². The number of carbonyl (C=O) groups excluding carboxylic acids is 1. The van der Waals surface area contributed by atoms with Gasteiger partial charge >= 0.3 is 6.18 Å². The van der Waals surface area contributed by atoms with Gasteiger partial charge in [0.2, 0.25) is 0 Å². The molecular weight excluding hydrogens is 343 g/mol. The summed E-state index contributed by atoms with van der Waals surface area (Å²) < 4.78 is 43.2. The van der Waals surface area contributed by atoms with Crippen LogP contribution in [0, 0.1) is 0 Å². The molecule has 0 spiro atoms. The Hall–Kier alpha value is -2.08. The summed E-state index contributed by atoms with van der Waals surface area (Å²) in [6.07, 6.45) is -3.95. The largest absolute Gasteiger partial charge is 0.483 e. The molecule has 0 unspecified atom stereocenters. The number of ketones is 1. The molecular formula is C17H15ClF3NO2. The summed E-state index contributed by atoms with van der Waals surface area (Å²) in [5, 5.41) is -0.0321. The highest BCUT2D eigenvalue weighted by Crippen LogP contribution is 2.31. The lowest BCUT2D eigenvalue weighted by Crippen LogP contribution is -2.20. The van der Waals surface area contributed by atoms with Gasteiger partial charge in [0.25, 0.3) is 0 Å². The molecule has 128 valence electrons. The summed E-state index contributed by atoms with van der Waals surface area (Å²) in [5.74, 6) is 0.452. The molecule has 0 aliphatic carbocycles. The number of hydrogen-bond donors (Lipinski definition) is 0. The third-order valence-corrected chi connectivity index (χ3v) is 3.75. The van der Waals surface area contributed by atoms with Crippen molar-refractivity contribution in [2.24, 2.45) is 0 Å². The van der Waals surface area contributed by atoms with E-state index >= 15 is 0 Å². The third kappa shape index (κ3) is 4.71. The lowest BCUT2D eigenvalue weighted by atomic mass is 10.1. The lowest BCUT2D eigenvalue weighted by Gasteiger charge is -2.12. The van der Waals surface area contributed by atoms with Crippen molar-refractivity contribution in [2.75, 3.05) is 0 Å². The standard InChI is InChI=1S/C17H15ClF3NO2/c1-10(23)11(2)24-14-5-3-12(4-6-14)7-16-15(18)8-13(9-22-16)17(19,20)21/h3-6,8-9,11H,7H2,1-2H3/t11-/m0/s1. The zero-order chi connectivity index (χ0) is 17.9. The first kappa shape index (κ1) is 18.3. The molecule has 1 atom stereocenters. The first-order valence-electron chi connectivity index (χ1n) is 7.14. The number of carbonyl (C=O) groups is 1. The molecule has 1 aromatic heterocycles. The van der Waals surface area contributed by atoms with Gasteiger partial charge in [-0.15, -0.1) is 0 Å². The Morgan fingerprint density at radius 3 is 2.42 bits per heavy atom. The normalized spacial score (nSPS) is 12.8. The van der Waals surface area contributed by atoms with Crippen molar-refractivity contribution in [1.29, 1.82) is 0 Å². The number of rotatable bonds is 5. The second-order valence-electron chi connectivity index (χ2n) is 5.34. The van der Waals surface area contributed by atoms with Crippen LogP contribution in [-0.4, -0.2) is 16.9 Å². The van der Waals surface area contributed by atoms with Crippen LogP contribution in [0.3, 0.4) is 0 Å². The molecule has 0 radical (unpaired) electrons. The van der Waals surface area contributed by atoms with Crippen LogP contribution in [0.2, 0.25) is 5.02 Å². The average Bonchev–Trinajstić information content (AvgIpc) is 2.50. The summed E-state index contributed by atoms with van der Waals surface area (Å²) in [7, 11) is 0. The van der Waals surface area contributed by atoms with Gasteiger partial charge in [0.05, 0.1) is 16.3 Å². The van der Waals surface area contributed by atoms with Crippen molar-refractivity contribution in [1.82, 2.24) is 4.98 Å². The molecule has 1 aromatic carbocycles. The minimum atomic E-state index is -4.47. The molecule has 7 heteroatoms. The SMILES string of the molecule is CC(=O)[C@H](C)Oc1ccc(Cc2ncc(C(F)(F)F)cc2Cl)cc1. The molecule has 0 aliphatic rings. The first-order valence-corrected chi connectivity index (χ1v) is 7.52. The van der Waals surface area contributed by atoms with Gasteiger partial charge in [-0.2, -0.15) is 13.2 Å². The zero-order valence-corrected chi connectivity index (χ0v) is 13.8. The summed E-state index contributed by atoms with van der Waals surface area (Å²) in [4.78, 5) is 15.0. The molecule has 0 fully saturated rings. The van der Waals surface area contributed by atoms with Crippen LogP contribution in [0.5, 0.6) is 5.75 Å². The van der Waals surface area contributed by atoms with Gasteiger partial charge in [-0.3, -0.25) is 9.78 Å². The maximum atomic E-state index is 12.6. The molecule has 0 bridgehead atoms. The molecule has 2 aromatic rings. The third-order valence-electron chi connectivity index (χ3n) is 3.42. The fraction of sp³-hybridized carbons (Fsp3) is 0.294. The molecule has 1 heterocycles. The van der Waals surface area contributed by atoms with E-state index < -0.39 is 17.8 Å². The molecule has 3 nitrogen and oxygen atoms in total. The van der Waals surface area contributed by atoms with Gasteiger partial charge in [-0.05, 0) is 37.6 Å². The molecule has 0 N–H and O–H groups in total. The van der Waals surface area contributed by atoms with Gasteiger partial charge in [-0.1, -0.05) is 23.7 Å². The van der Waals surface area contributed by atoms with Crippen LogP contribution in [0.4, 0.5) is 13.2 Å². The summed E-state index contributed by atoms with van der Waals surface area (Å²) in [6, 6.07) is 7.74. The molecule has 24 heavy (non-hydrogen) atoms. The van der Waals surface area contributed by atoms with Crippen molar-refractivity contribution >= 4 is 17.4 Å². The molecule has 0 amide bonds. The van der Waals surface area contributed by atoms with Gasteiger partial charge < -0.3 is 4.74 Å². The predicted molar refractivity (Wildman–Crippen MR) is 84.3 cm³/mol. The Morgan fingerprint density at radius 2 is 1.92 bits per heavy atom. The first-order chi connectivity index (χ1) is 11.2. The Balaban J connectivity index is 2.10. The van der Waals surface area contributed by atoms with E-state index in [0.717, 1.165) is 17.8 Å². The molecule has 0 saturated carbocycles. The summed E-state index contributed by atoms with van der Waals surface area (Å²) >= 11 is 5.90. The van der Waals surface area contributed by atoms with E-state index in [-0.39, 0.29) is 10.8 Å². The Labute approximate surface area is 142 Å². The number of hydrogen-bond acceptors (Lipinski definition) is 3. The van der Waals surface area contributed by atoms with Crippen molar-refractivity contribution < 1.29 is 22.7 Å². The van der Waals surface area contributed by atoms with Crippen molar-refractivity contribution in [3.63, 3.8) is 0 Å². The van der Waals surface area contributed by atoms with E-state index in [1.165, 1.54) is 6.92 Å². The lowest BCUT2D eigenvalue weighted by molar-refractivity contribution is -0.137. The quantitative estimate of drug-likeness (QED) is 0.778. The predicted octanol–water partition coefficient (Wildman–Crippen LogP) is 4.70. The van der Waals surface area contributed by atoms with E-state index in [1.807, 2.05) is 0 Å². The number of aromatic nitrogens is 1. The Kier molecular flexibility index (Phi) is 5.49. The minimum Gasteiger partial charge on any atom is -0.483 e. The van der Waals surface area contributed by atoms with Crippen LogP contribution in [0.25, 0.3) is 0 Å². The molecule has 0 aliphatic heterocycles. The monoisotopic (exact) mass is 357 g/mol. The number of Topliss-reactive ketones (excluding diaryl/α,β-unsaturated/α-hetero) is 1. The van der Waals surface area contributed by atoms with Gasteiger partial charge in [0.15, 0.2) is 11.9 Å². The van der Waals surface area contributed by atoms with Gasteiger partial charge in [0.1, 0.15) is 5.75 Å². The number of benzene rings is 1. The van der Waals surface area contributed by atoms with Crippen LogP contribution in [-0.2, 0) is 17.4 Å². The highest BCUT2D eigenvalue weighted by molar-refractivity contribution is 6.31. The van der Waals surface area contributed by atoms with Gasteiger partial charge in [-0.25, -0.2) is 0 Å². The number of nitrogens with zero attached hydrogens (tertiary/aromatic N) is 1. The van der Waals surface area contributed by atoms with E-state index in [9.17, 15) is 18.0 Å². The highest BCUT2D eigenvalue weighted by atomic mass is 35.5. The van der Waals surface area contributed by atoms with Crippen LogP contribution >= 0.6 is 11.6 Å². The van der Waals surface area contributed by atoms with Crippen molar-refractivity contribution in [3.05, 3.63) is 58.4 Å². The summed E-state index contributed by atoms with van der Waals surface area (Å²) in [6.45, 7) is 3.10. The Bertz CT molecular complexity index is 730. The fourth-order valence-electron chi connectivity index (χ4n) is 1.92. The number of alkyl halides is 3. The minimum absolute atomic E-state index is 0.0321. The highest BCUT2D eigenvalue weighted by Gasteiger charge is 2.31. The second kappa shape index (κ2) is 7.21. The second-order valence-corrected chi connectivity index (χ2v) is 5.75. The van der Waals surface area contributed by atoms with Crippen LogP contribution in [0.15, 0.2) is 36.5 Å². The number of ether oxygens (including phenoxy) is 1. The molecule has 0 saturated heterocycles.